The van der Waals surface area contributed by atoms with Crippen LogP contribution < -0.4 is 4.74 Å². The normalized spacial score (nSPS) is 17.1. The highest BCUT2D eigenvalue weighted by Crippen LogP contribution is 2.36. The Kier molecular flexibility index (Phi) is 9.69. The van der Waals surface area contributed by atoms with Gasteiger partial charge in [0.25, 0.3) is 0 Å². The second kappa shape index (κ2) is 13.6. The number of aromatic nitrogens is 1. The highest BCUT2D eigenvalue weighted by atomic mass is 16.6. The van der Waals surface area contributed by atoms with Gasteiger partial charge in [0, 0.05) is 12.2 Å². The molecule has 0 spiro atoms. The first-order chi connectivity index (χ1) is 20.7. The third kappa shape index (κ3) is 7.95. The summed E-state index contributed by atoms with van der Waals surface area (Å²) in [4.78, 5) is 31.3. The maximum Gasteiger partial charge on any atom is 0.410 e. The second-order valence-electron chi connectivity index (χ2n) is 12.8. The molecule has 5 rings (SSSR count). The van der Waals surface area contributed by atoms with Crippen LogP contribution in [0.4, 0.5) is 4.79 Å². The number of fused-ring (bicyclic) bond motifs is 1. The van der Waals surface area contributed by atoms with Crippen molar-refractivity contribution in [2.24, 2.45) is 0 Å². The number of carbonyl (C=O) groups is 2. The monoisotopic (exact) mass is 584 g/mol. The largest absolute Gasteiger partial charge is 0.489 e. The van der Waals surface area contributed by atoms with E-state index in [4.69, 9.17) is 9.47 Å². The molecule has 0 bridgehead atoms. The van der Waals surface area contributed by atoms with Crippen molar-refractivity contribution < 1.29 is 24.2 Å². The Hall–Kier alpha value is -3.87. The molecule has 7 heteroatoms. The van der Waals surface area contributed by atoms with E-state index in [1.165, 1.54) is 43.7 Å². The molecular weight excluding hydrogens is 540 g/mol. The molecule has 2 aliphatic rings. The minimum Gasteiger partial charge on any atom is -0.489 e. The van der Waals surface area contributed by atoms with E-state index in [1.807, 2.05) is 51.1 Å². The van der Waals surface area contributed by atoms with Crippen LogP contribution in [0.15, 0.2) is 60.7 Å². The summed E-state index contributed by atoms with van der Waals surface area (Å²) in [6, 6.07) is 20.0. The standard InChI is InChI=1S/C36H44N2O5/c1-36(2,3)43-35(41)38(32-14-9-13-30-29(32)20-21-31(37-30)34(39)40)23-22-28-12-7-8-15-33(28)42-24-25-16-18-27(19-17-25)26-10-5-4-6-11-26/h7-8,12,15-21,26,32H,4-6,9-11,13-14,22-24H2,1-3H3,(H,39,40). The number of ether oxygens (including phenoxy) is 2. The maximum atomic E-state index is 13.6. The Morgan fingerprint density at radius 2 is 1.67 bits per heavy atom. The van der Waals surface area contributed by atoms with Gasteiger partial charge in [-0.15, -0.1) is 0 Å². The fourth-order valence-corrected chi connectivity index (χ4v) is 6.35. The number of carboxylic acid groups (broad SMARTS) is 1. The molecule has 1 heterocycles. The fraction of sp³-hybridized carbons (Fsp3) is 0.472. The molecule has 1 fully saturated rings. The number of amides is 1. The Morgan fingerprint density at radius 3 is 2.40 bits per heavy atom. The van der Waals surface area contributed by atoms with E-state index >= 15 is 0 Å². The Labute approximate surface area is 255 Å². The molecule has 1 saturated carbocycles. The number of carbonyl (C=O) groups excluding carboxylic acids is 1. The van der Waals surface area contributed by atoms with Crippen LogP contribution in [0.2, 0.25) is 0 Å². The minimum atomic E-state index is -1.05. The van der Waals surface area contributed by atoms with Crippen molar-refractivity contribution in [3.63, 3.8) is 0 Å². The van der Waals surface area contributed by atoms with Crippen LogP contribution in [0.5, 0.6) is 5.75 Å². The summed E-state index contributed by atoms with van der Waals surface area (Å²) >= 11 is 0. The molecule has 1 amide bonds. The summed E-state index contributed by atoms with van der Waals surface area (Å²) in [5, 5.41) is 9.44. The Balaban J connectivity index is 1.30. The molecule has 0 radical (unpaired) electrons. The first-order valence-corrected chi connectivity index (χ1v) is 15.7. The molecule has 1 aromatic heterocycles. The van der Waals surface area contributed by atoms with Gasteiger partial charge >= 0.3 is 12.1 Å². The highest BCUT2D eigenvalue weighted by molar-refractivity contribution is 5.85. The van der Waals surface area contributed by atoms with Gasteiger partial charge in [0.2, 0.25) is 0 Å². The number of pyridine rings is 1. The van der Waals surface area contributed by atoms with Gasteiger partial charge in [-0.2, -0.15) is 0 Å². The predicted octanol–water partition coefficient (Wildman–Crippen LogP) is 8.26. The number of aryl methyl sites for hydroxylation is 1. The van der Waals surface area contributed by atoms with Gasteiger partial charge < -0.3 is 19.5 Å². The zero-order valence-electron chi connectivity index (χ0n) is 25.7. The van der Waals surface area contributed by atoms with Crippen molar-refractivity contribution in [1.82, 2.24) is 9.88 Å². The molecule has 1 unspecified atom stereocenters. The number of hydrogen-bond donors (Lipinski definition) is 1. The van der Waals surface area contributed by atoms with Crippen LogP contribution in [0, 0.1) is 0 Å². The van der Waals surface area contributed by atoms with Crippen molar-refractivity contribution in [3.8, 4) is 5.75 Å². The first kappa shape index (κ1) is 30.6. The third-order valence-electron chi connectivity index (χ3n) is 8.53. The van der Waals surface area contributed by atoms with Gasteiger partial charge in [-0.3, -0.25) is 0 Å². The van der Waals surface area contributed by atoms with Crippen molar-refractivity contribution in [2.75, 3.05) is 6.54 Å². The van der Waals surface area contributed by atoms with Gasteiger partial charge in [0.15, 0.2) is 0 Å². The van der Waals surface area contributed by atoms with Crippen LogP contribution in [0.3, 0.4) is 0 Å². The van der Waals surface area contributed by atoms with E-state index in [1.54, 1.807) is 4.90 Å². The van der Waals surface area contributed by atoms with Gasteiger partial charge in [0.1, 0.15) is 23.7 Å². The fourth-order valence-electron chi connectivity index (χ4n) is 6.35. The van der Waals surface area contributed by atoms with E-state index in [9.17, 15) is 14.7 Å². The molecule has 1 N–H and O–H groups in total. The lowest BCUT2D eigenvalue weighted by atomic mass is 9.84. The van der Waals surface area contributed by atoms with E-state index in [0.29, 0.717) is 31.9 Å². The van der Waals surface area contributed by atoms with Crippen LogP contribution in [0.25, 0.3) is 0 Å². The molecule has 1 atom stereocenters. The summed E-state index contributed by atoms with van der Waals surface area (Å²) in [6.45, 7) is 6.50. The number of hydrogen-bond acceptors (Lipinski definition) is 5. The van der Waals surface area contributed by atoms with Crippen LogP contribution >= 0.6 is 0 Å². The molecule has 0 aliphatic heterocycles. The van der Waals surface area contributed by atoms with Crippen molar-refractivity contribution in [1.29, 1.82) is 0 Å². The first-order valence-electron chi connectivity index (χ1n) is 15.7. The van der Waals surface area contributed by atoms with Crippen molar-refractivity contribution >= 4 is 12.1 Å². The average Bonchev–Trinajstić information content (AvgIpc) is 3.00. The van der Waals surface area contributed by atoms with Crippen LogP contribution in [0.1, 0.15) is 116 Å². The van der Waals surface area contributed by atoms with Crippen LogP contribution in [-0.2, 0) is 24.2 Å². The molecule has 3 aromatic rings. The number of nitrogens with zero attached hydrogens (tertiary/aromatic N) is 2. The van der Waals surface area contributed by atoms with Gasteiger partial charge in [-0.25, -0.2) is 14.6 Å². The lowest BCUT2D eigenvalue weighted by Gasteiger charge is -2.36. The van der Waals surface area contributed by atoms with Gasteiger partial charge in [-0.1, -0.05) is 67.8 Å². The zero-order valence-corrected chi connectivity index (χ0v) is 25.7. The third-order valence-corrected chi connectivity index (χ3v) is 8.53. The highest BCUT2D eigenvalue weighted by Gasteiger charge is 2.33. The number of aromatic carboxylic acids is 1. The quantitative estimate of drug-likeness (QED) is 0.272. The summed E-state index contributed by atoms with van der Waals surface area (Å²) < 4.78 is 12.2. The second-order valence-corrected chi connectivity index (χ2v) is 12.8. The molecule has 7 nitrogen and oxygen atoms in total. The Morgan fingerprint density at radius 1 is 0.930 bits per heavy atom. The van der Waals surface area contributed by atoms with E-state index in [-0.39, 0.29) is 17.8 Å². The molecule has 0 saturated heterocycles. The predicted molar refractivity (Wildman–Crippen MR) is 167 cm³/mol. The number of rotatable bonds is 9. The summed E-state index contributed by atoms with van der Waals surface area (Å²) in [5.41, 5.74) is 4.60. The SMILES string of the molecule is CC(C)(C)OC(=O)N(CCc1ccccc1OCc1ccc(C2CCCCC2)cc1)C1CCCc2nc(C(=O)O)ccc21. The van der Waals surface area contributed by atoms with E-state index in [0.717, 1.165) is 41.0 Å². The van der Waals surface area contributed by atoms with Gasteiger partial charge in [-0.05, 0) is 99.6 Å². The molecule has 2 aliphatic carbocycles. The summed E-state index contributed by atoms with van der Waals surface area (Å²) in [6.07, 6.45) is 9.05. The Bertz CT molecular complexity index is 1410. The van der Waals surface area contributed by atoms with Crippen LogP contribution in [-0.4, -0.2) is 39.2 Å². The van der Waals surface area contributed by atoms with Crippen molar-refractivity contribution in [3.05, 3.63) is 94.3 Å². The molecule has 228 valence electrons. The van der Waals surface area contributed by atoms with E-state index < -0.39 is 11.6 Å². The lowest BCUT2D eigenvalue weighted by molar-refractivity contribution is 0.0140. The van der Waals surface area contributed by atoms with Gasteiger partial charge in [0.05, 0.1) is 6.04 Å². The summed E-state index contributed by atoms with van der Waals surface area (Å²) in [7, 11) is 0. The number of carboxylic acids is 1. The topological polar surface area (TPSA) is 89.0 Å². The number of benzene rings is 2. The average molecular weight is 585 g/mol. The van der Waals surface area contributed by atoms with E-state index in [2.05, 4.69) is 29.2 Å². The number of para-hydroxylation sites is 1. The lowest BCUT2D eigenvalue weighted by Crippen LogP contribution is -2.41. The van der Waals surface area contributed by atoms with Crippen molar-refractivity contribution in [2.45, 2.75) is 103 Å². The molecule has 2 aromatic carbocycles. The smallest absolute Gasteiger partial charge is 0.410 e. The molecular formula is C36H44N2O5. The summed E-state index contributed by atoms with van der Waals surface area (Å²) in [5.74, 6) is 0.439. The zero-order chi connectivity index (χ0) is 30.4. The maximum absolute atomic E-state index is 13.6. The molecule has 43 heavy (non-hydrogen) atoms. The minimum absolute atomic E-state index is 0.0259.